The summed E-state index contributed by atoms with van der Waals surface area (Å²) in [4.78, 5) is 20.8. The van der Waals surface area contributed by atoms with Gasteiger partial charge in [-0.3, -0.25) is 9.69 Å². The maximum absolute atomic E-state index is 11.9. The van der Waals surface area contributed by atoms with Crippen molar-refractivity contribution in [3.63, 3.8) is 0 Å². The third-order valence-electron chi connectivity index (χ3n) is 4.20. The maximum Gasteiger partial charge on any atom is 0.190 e. The molecule has 2 aromatic rings. The molecule has 0 atom stereocenters. The number of carbonyl (C=O) groups excluding carboxylic acids is 1. The van der Waals surface area contributed by atoms with E-state index >= 15 is 0 Å². The van der Waals surface area contributed by atoms with Gasteiger partial charge in [-0.1, -0.05) is 29.5 Å². The lowest BCUT2D eigenvalue weighted by molar-refractivity contribution is 0.0362. The van der Waals surface area contributed by atoms with Gasteiger partial charge < -0.3 is 9.30 Å². The minimum absolute atomic E-state index is 0.104. The molecule has 6 heteroatoms. The Hall–Kier alpha value is -1.76. The van der Waals surface area contributed by atoms with Crippen LogP contribution in [-0.2, 0) is 11.3 Å². The van der Waals surface area contributed by atoms with Crippen LogP contribution in [0.25, 0.3) is 0 Å². The molecule has 1 aliphatic heterocycles. The topological polar surface area (TPSA) is 46.8 Å². The average Bonchev–Trinajstić information content (AvgIpc) is 2.91. The van der Waals surface area contributed by atoms with Gasteiger partial charge in [-0.05, 0) is 19.1 Å². The zero-order chi connectivity index (χ0) is 16.9. The SMILES string of the molecule is CC(=O)c1sc(=Nc2ccccc2)n(CCN2CCOCC2)c1C. The van der Waals surface area contributed by atoms with E-state index in [1.54, 1.807) is 6.92 Å². The van der Waals surface area contributed by atoms with Gasteiger partial charge in [-0.15, -0.1) is 0 Å². The second kappa shape index (κ2) is 7.88. The Labute approximate surface area is 146 Å². The highest BCUT2D eigenvalue weighted by molar-refractivity contribution is 7.11. The first kappa shape index (κ1) is 17.1. The number of para-hydroxylation sites is 1. The number of aromatic nitrogens is 1. The van der Waals surface area contributed by atoms with Crippen molar-refractivity contribution in [3.8, 4) is 0 Å². The first-order valence-electron chi connectivity index (χ1n) is 8.26. The Morgan fingerprint density at radius 1 is 1.21 bits per heavy atom. The number of benzene rings is 1. The molecule has 1 aromatic carbocycles. The number of hydrogen-bond acceptors (Lipinski definition) is 5. The maximum atomic E-state index is 11.9. The number of Topliss-reactive ketones (excluding diaryl/α,β-unsaturated/α-hetero) is 1. The Balaban J connectivity index is 1.90. The summed E-state index contributed by atoms with van der Waals surface area (Å²) in [6.45, 7) is 8.94. The molecule has 2 heterocycles. The molecule has 0 bridgehead atoms. The largest absolute Gasteiger partial charge is 0.379 e. The molecule has 1 saturated heterocycles. The highest BCUT2D eigenvalue weighted by Gasteiger charge is 2.15. The van der Waals surface area contributed by atoms with Crippen molar-refractivity contribution in [3.05, 3.63) is 45.7 Å². The highest BCUT2D eigenvalue weighted by Crippen LogP contribution is 2.15. The average molecular weight is 345 g/mol. The van der Waals surface area contributed by atoms with E-state index < -0.39 is 0 Å². The van der Waals surface area contributed by atoms with Gasteiger partial charge in [0.05, 0.1) is 23.8 Å². The van der Waals surface area contributed by atoms with E-state index in [9.17, 15) is 4.79 Å². The quantitative estimate of drug-likeness (QED) is 0.783. The van der Waals surface area contributed by atoms with Crippen LogP contribution in [0.5, 0.6) is 0 Å². The van der Waals surface area contributed by atoms with Gasteiger partial charge >= 0.3 is 0 Å². The fraction of sp³-hybridized carbons (Fsp3) is 0.444. The smallest absolute Gasteiger partial charge is 0.190 e. The van der Waals surface area contributed by atoms with Gasteiger partial charge in [-0.25, -0.2) is 4.99 Å². The number of hydrogen-bond donors (Lipinski definition) is 0. The van der Waals surface area contributed by atoms with Crippen molar-refractivity contribution in [2.75, 3.05) is 32.8 Å². The summed E-state index contributed by atoms with van der Waals surface area (Å²) in [5.41, 5.74) is 1.92. The summed E-state index contributed by atoms with van der Waals surface area (Å²) >= 11 is 1.48. The summed E-state index contributed by atoms with van der Waals surface area (Å²) in [7, 11) is 0. The first-order valence-corrected chi connectivity index (χ1v) is 9.08. The Kier molecular flexibility index (Phi) is 5.60. The normalized spacial score (nSPS) is 16.5. The van der Waals surface area contributed by atoms with E-state index in [1.165, 1.54) is 11.3 Å². The molecule has 0 unspecified atom stereocenters. The predicted octanol–water partition coefficient (Wildman–Crippen LogP) is 2.63. The molecule has 24 heavy (non-hydrogen) atoms. The number of ether oxygens (including phenoxy) is 1. The number of nitrogens with zero attached hydrogens (tertiary/aromatic N) is 3. The van der Waals surface area contributed by atoms with Gasteiger partial charge in [-0.2, -0.15) is 0 Å². The van der Waals surface area contributed by atoms with Gasteiger partial charge in [0.1, 0.15) is 0 Å². The fourth-order valence-corrected chi connectivity index (χ4v) is 3.91. The molecule has 0 saturated carbocycles. The van der Waals surface area contributed by atoms with E-state index in [0.717, 1.165) is 60.5 Å². The molecular formula is C18H23N3O2S. The number of morpholine rings is 1. The summed E-state index contributed by atoms with van der Waals surface area (Å²) in [5.74, 6) is 0.104. The van der Waals surface area contributed by atoms with Crippen molar-refractivity contribution >= 4 is 22.8 Å². The second-order valence-corrected chi connectivity index (χ2v) is 6.89. The minimum Gasteiger partial charge on any atom is -0.379 e. The molecule has 128 valence electrons. The third kappa shape index (κ3) is 4.01. The molecule has 1 aromatic heterocycles. The van der Waals surface area contributed by atoms with Crippen molar-refractivity contribution in [1.29, 1.82) is 0 Å². The van der Waals surface area contributed by atoms with Crippen molar-refractivity contribution in [2.24, 2.45) is 4.99 Å². The Bertz CT molecular complexity index is 758. The molecule has 1 fully saturated rings. The molecule has 0 radical (unpaired) electrons. The van der Waals surface area contributed by atoms with Gasteiger partial charge in [0.25, 0.3) is 0 Å². The number of thiazole rings is 1. The van der Waals surface area contributed by atoms with Crippen LogP contribution in [0.1, 0.15) is 22.3 Å². The number of carbonyl (C=O) groups is 1. The number of ketones is 1. The van der Waals surface area contributed by atoms with Crippen molar-refractivity contribution in [2.45, 2.75) is 20.4 Å². The van der Waals surface area contributed by atoms with E-state index in [4.69, 9.17) is 9.73 Å². The fourth-order valence-electron chi connectivity index (χ4n) is 2.84. The zero-order valence-corrected chi connectivity index (χ0v) is 15.0. The predicted molar refractivity (Wildman–Crippen MR) is 96.0 cm³/mol. The van der Waals surface area contributed by atoms with Gasteiger partial charge in [0, 0.05) is 38.8 Å². The van der Waals surface area contributed by atoms with E-state index in [0.29, 0.717) is 0 Å². The summed E-state index contributed by atoms with van der Waals surface area (Å²) in [6.07, 6.45) is 0. The summed E-state index contributed by atoms with van der Waals surface area (Å²) < 4.78 is 7.57. The Morgan fingerprint density at radius 2 is 1.92 bits per heavy atom. The van der Waals surface area contributed by atoms with Gasteiger partial charge in [0.2, 0.25) is 0 Å². The molecule has 3 rings (SSSR count). The van der Waals surface area contributed by atoms with Crippen LogP contribution in [0.15, 0.2) is 35.3 Å². The lowest BCUT2D eigenvalue weighted by Gasteiger charge is -2.26. The first-order chi connectivity index (χ1) is 11.6. The molecule has 0 spiro atoms. The van der Waals surface area contributed by atoms with Crippen LogP contribution in [-0.4, -0.2) is 48.1 Å². The van der Waals surface area contributed by atoms with E-state index in [2.05, 4.69) is 9.47 Å². The van der Waals surface area contributed by atoms with Crippen molar-refractivity contribution in [1.82, 2.24) is 9.47 Å². The monoisotopic (exact) mass is 345 g/mol. The summed E-state index contributed by atoms with van der Waals surface area (Å²) in [6, 6.07) is 9.89. The molecule has 1 aliphatic rings. The molecule has 0 amide bonds. The molecule has 0 N–H and O–H groups in total. The van der Waals surface area contributed by atoms with Crippen LogP contribution < -0.4 is 4.80 Å². The minimum atomic E-state index is 0.104. The lowest BCUT2D eigenvalue weighted by Crippen LogP contribution is -2.39. The molecule has 0 aliphatic carbocycles. The molecular weight excluding hydrogens is 322 g/mol. The lowest BCUT2D eigenvalue weighted by atomic mass is 10.3. The van der Waals surface area contributed by atoms with Crippen LogP contribution in [0.2, 0.25) is 0 Å². The van der Waals surface area contributed by atoms with E-state index in [1.807, 2.05) is 37.3 Å². The van der Waals surface area contributed by atoms with Crippen molar-refractivity contribution < 1.29 is 9.53 Å². The highest BCUT2D eigenvalue weighted by atomic mass is 32.1. The number of rotatable bonds is 5. The van der Waals surface area contributed by atoms with E-state index in [-0.39, 0.29) is 5.78 Å². The second-order valence-electron chi connectivity index (χ2n) is 5.91. The van der Waals surface area contributed by atoms with Crippen LogP contribution in [0.4, 0.5) is 5.69 Å². The standard InChI is InChI=1S/C18H23N3O2S/c1-14-17(15(2)22)24-18(19-16-6-4-3-5-7-16)21(14)9-8-20-10-12-23-13-11-20/h3-7H,8-13H2,1-2H3. The van der Waals surface area contributed by atoms with Crippen LogP contribution >= 0.6 is 11.3 Å². The molecule has 5 nitrogen and oxygen atoms in total. The summed E-state index contributed by atoms with van der Waals surface area (Å²) in [5, 5.41) is 0. The van der Waals surface area contributed by atoms with Crippen LogP contribution in [0.3, 0.4) is 0 Å². The Morgan fingerprint density at radius 3 is 2.58 bits per heavy atom. The van der Waals surface area contributed by atoms with Gasteiger partial charge in [0.15, 0.2) is 10.6 Å². The third-order valence-corrected chi connectivity index (χ3v) is 5.48. The van der Waals surface area contributed by atoms with Crippen LogP contribution in [0, 0.1) is 6.92 Å². The zero-order valence-electron chi connectivity index (χ0n) is 14.2.